The first-order valence-corrected chi connectivity index (χ1v) is 6.53. The van der Waals surface area contributed by atoms with Crippen LogP contribution >= 0.6 is 0 Å². The van der Waals surface area contributed by atoms with Crippen LogP contribution in [0.15, 0.2) is 24.5 Å². The van der Waals surface area contributed by atoms with Gasteiger partial charge in [0.2, 0.25) is 0 Å². The lowest BCUT2D eigenvalue weighted by molar-refractivity contribution is 0.233. The zero-order chi connectivity index (χ0) is 13.2. The van der Waals surface area contributed by atoms with Crippen molar-refractivity contribution in [3.8, 4) is 0 Å². The number of nitrogens with zero attached hydrogens (tertiary/aromatic N) is 5. The van der Waals surface area contributed by atoms with E-state index in [4.69, 9.17) is 5.73 Å². The molecule has 3 heterocycles. The molecule has 0 bridgehead atoms. The van der Waals surface area contributed by atoms with Gasteiger partial charge in [-0.05, 0) is 31.5 Å². The molecule has 1 saturated heterocycles. The lowest BCUT2D eigenvalue weighted by atomic mass is 10.1. The molecule has 19 heavy (non-hydrogen) atoms. The molecule has 0 aliphatic carbocycles. The molecule has 1 aliphatic rings. The summed E-state index contributed by atoms with van der Waals surface area (Å²) in [5, 5.41) is 4.26. The lowest BCUT2D eigenvalue weighted by Gasteiger charge is -2.23. The molecule has 100 valence electrons. The molecular weight excluding hydrogens is 240 g/mol. The zero-order valence-electron chi connectivity index (χ0n) is 11.0. The minimum Gasteiger partial charge on any atom is -0.384 e. The monoisotopic (exact) mass is 258 g/mol. The summed E-state index contributed by atoms with van der Waals surface area (Å²) < 4.78 is 1.95. The first-order valence-electron chi connectivity index (χ1n) is 6.53. The van der Waals surface area contributed by atoms with Crippen molar-refractivity contribution in [1.29, 1.82) is 0 Å². The van der Waals surface area contributed by atoms with Crippen molar-refractivity contribution in [1.82, 2.24) is 24.6 Å². The van der Waals surface area contributed by atoms with Crippen LogP contribution in [0.1, 0.15) is 30.4 Å². The van der Waals surface area contributed by atoms with E-state index in [1.54, 1.807) is 12.3 Å². The quantitative estimate of drug-likeness (QED) is 0.893. The third-order valence-corrected chi connectivity index (χ3v) is 3.64. The summed E-state index contributed by atoms with van der Waals surface area (Å²) in [7, 11) is 1.99. The maximum atomic E-state index is 5.70. The predicted molar refractivity (Wildman–Crippen MR) is 72.0 cm³/mol. The van der Waals surface area contributed by atoms with Crippen molar-refractivity contribution in [3.63, 3.8) is 0 Å². The Kier molecular flexibility index (Phi) is 3.16. The Morgan fingerprint density at radius 2 is 2.26 bits per heavy atom. The number of nitrogen functional groups attached to an aromatic ring is 1. The van der Waals surface area contributed by atoms with Gasteiger partial charge < -0.3 is 5.73 Å². The Morgan fingerprint density at radius 1 is 1.37 bits per heavy atom. The topological polar surface area (TPSA) is 72.9 Å². The summed E-state index contributed by atoms with van der Waals surface area (Å²) in [6.45, 7) is 1.80. The second-order valence-electron chi connectivity index (χ2n) is 4.91. The molecule has 6 nitrogen and oxygen atoms in total. The van der Waals surface area contributed by atoms with Crippen LogP contribution in [-0.2, 0) is 13.6 Å². The predicted octanol–water partition coefficient (Wildman–Crippen LogP) is 1.13. The van der Waals surface area contributed by atoms with Crippen molar-refractivity contribution in [2.45, 2.75) is 25.4 Å². The lowest BCUT2D eigenvalue weighted by Crippen LogP contribution is -2.25. The van der Waals surface area contributed by atoms with E-state index in [0.29, 0.717) is 11.9 Å². The Labute approximate surface area is 112 Å². The highest BCUT2D eigenvalue weighted by Crippen LogP contribution is 2.32. The van der Waals surface area contributed by atoms with Crippen LogP contribution in [0, 0.1) is 0 Å². The maximum absolute atomic E-state index is 5.70. The summed E-state index contributed by atoms with van der Waals surface area (Å²) in [5.41, 5.74) is 6.95. The Balaban J connectivity index is 1.79. The number of hydrogen-bond donors (Lipinski definition) is 1. The minimum atomic E-state index is 0.400. The summed E-state index contributed by atoms with van der Waals surface area (Å²) in [5.74, 6) is 1.32. The number of likely N-dealkylation sites (tertiary alicyclic amines) is 1. The summed E-state index contributed by atoms with van der Waals surface area (Å²) >= 11 is 0. The van der Waals surface area contributed by atoms with Gasteiger partial charge in [-0.3, -0.25) is 9.58 Å². The highest BCUT2D eigenvalue weighted by atomic mass is 15.3. The van der Waals surface area contributed by atoms with Crippen LogP contribution in [0.5, 0.6) is 0 Å². The molecule has 0 saturated carbocycles. The molecular formula is C13H18N6. The van der Waals surface area contributed by atoms with E-state index < -0.39 is 0 Å². The molecule has 6 heteroatoms. The van der Waals surface area contributed by atoms with Crippen molar-refractivity contribution in [2.24, 2.45) is 7.05 Å². The molecule has 3 rings (SSSR count). The van der Waals surface area contributed by atoms with Gasteiger partial charge in [-0.25, -0.2) is 9.97 Å². The smallest absolute Gasteiger partial charge is 0.144 e. The summed E-state index contributed by atoms with van der Waals surface area (Å²) in [6.07, 6.45) is 5.91. The van der Waals surface area contributed by atoms with Crippen LogP contribution < -0.4 is 5.73 Å². The molecule has 1 fully saturated rings. The Bertz CT molecular complexity index is 564. The van der Waals surface area contributed by atoms with Gasteiger partial charge in [0.05, 0.1) is 18.3 Å². The normalized spacial score (nSPS) is 19.9. The summed E-state index contributed by atoms with van der Waals surface area (Å²) in [6, 6.07) is 4.20. The first kappa shape index (κ1) is 12.1. The maximum Gasteiger partial charge on any atom is 0.144 e. The van der Waals surface area contributed by atoms with Gasteiger partial charge in [0.15, 0.2) is 0 Å². The van der Waals surface area contributed by atoms with Gasteiger partial charge in [-0.2, -0.15) is 5.10 Å². The van der Waals surface area contributed by atoms with Crippen molar-refractivity contribution in [2.75, 3.05) is 12.3 Å². The van der Waals surface area contributed by atoms with Crippen LogP contribution in [0.3, 0.4) is 0 Å². The molecule has 2 aromatic rings. The molecule has 0 aromatic carbocycles. The fourth-order valence-electron chi connectivity index (χ4n) is 2.73. The molecule has 1 atom stereocenters. The van der Waals surface area contributed by atoms with Gasteiger partial charge in [-0.15, -0.1) is 0 Å². The number of hydrogen-bond acceptors (Lipinski definition) is 5. The van der Waals surface area contributed by atoms with Crippen LogP contribution in [0.25, 0.3) is 0 Å². The van der Waals surface area contributed by atoms with Gasteiger partial charge in [0.1, 0.15) is 11.6 Å². The Morgan fingerprint density at radius 3 is 3.00 bits per heavy atom. The number of anilines is 1. The largest absolute Gasteiger partial charge is 0.384 e. The second-order valence-corrected chi connectivity index (χ2v) is 4.91. The number of aryl methyl sites for hydroxylation is 1. The molecule has 0 spiro atoms. The number of aromatic nitrogens is 4. The highest BCUT2D eigenvalue weighted by Gasteiger charge is 2.28. The Hall–Kier alpha value is -1.95. The van der Waals surface area contributed by atoms with E-state index >= 15 is 0 Å². The van der Waals surface area contributed by atoms with E-state index in [9.17, 15) is 0 Å². The molecule has 1 aliphatic heterocycles. The zero-order valence-corrected chi connectivity index (χ0v) is 11.0. The standard InChI is InChI=1S/C13H18N6/c1-18-10(4-7-16-18)11-3-2-8-19(11)9-13-15-6-5-12(14)17-13/h4-7,11H,2-3,8-9H2,1H3,(H2,14,15,17). The van der Waals surface area contributed by atoms with Gasteiger partial charge in [-0.1, -0.05) is 0 Å². The average molecular weight is 258 g/mol. The average Bonchev–Trinajstić information content (AvgIpc) is 2.98. The highest BCUT2D eigenvalue weighted by molar-refractivity contribution is 5.25. The van der Waals surface area contributed by atoms with E-state index in [1.165, 1.54) is 12.1 Å². The SMILES string of the molecule is Cn1nccc1C1CCCN1Cc1nccc(N)n1. The van der Waals surface area contributed by atoms with Gasteiger partial charge in [0, 0.05) is 19.4 Å². The van der Waals surface area contributed by atoms with Crippen molar-refractivity contribution in [3.05, 3.63) is 36.0 Å². The minimum absolute atomic E-state index is 0.400. The van der Waals surface area contributed by atoms with E-state index in [2.05, 4.69) is 26.0 Å². The second kappa shape index (κ2) is 4.97. The third kappa shape index (κ3) is 2.44. The van der Waals surface area contributed by atoms with Crippen LogP contribution in [0.4, 0.5) is 5.82 Å². The first-order chi connectivity index (χ1) is 9.24. The molecule has 0 amide bonds. The van der Waals surface area contributed by atoms with Gasteiger partial charge >= 0.3 is 0 Å². The van der Waals surface area contributed by atoms with Crippen molar-refractivity contribution < 1.29 is 0 Å². The molecule has 2 N–H and O–H groups in total. The fraction of sp³-hybridized carbons (Fsp3) is 0.462. The van der Waals surface area contributed by atoms with E-state index in [0.717, 1.165) is 25.3 Å². The van der Waals surface area contributed by atoms with Crippen LogP contribution in [-0.4, -0.2) is 31.2 Å². The molecule has 0 radical (unpaired) electrons. The van der Waals surface area contributed by atoms with Crippen molar-refractivity contribution >= 4 is 5.82 Å². The fourth-order valence-corrected chi connectivity index (χ4v) is 2.73. The number of nitrogens with two attached hydrogens (primary N) is 1. The summed E-state index contributed by atoms with van der Waals surface area (Å²) in [4.78, 5) is 11.0. The van der Waals surface area contributed by atoms with Gasteiger partial charge in [0.25, 0.3) is 0 Å². The van der Waals surface area contributed by atoms with E-state index in [1.807, 2.05) is 17.9 Å². The van der Waals surface area contributed by atoms with Crippen LogP contribution in [0.2, 0.25) is 0 Å². The molecule has 2 aromatic heterocycles. The van der Waals surface area contributed by atoms with E-state index in [-0.39, 0.29) is 0 Å². The molecule has 1 unspecified atom stereocenters. The number of rotatable bonds is 3. The third-order valence-electron chi connectivity index (χ3n) is 3.64.